The summed E-state index contributed by atoms with van der Waals surface area (Å²) in [7, 11) is 0. The highest BCUT2D eigenvalue weighted by Crippen LogP contribution is 2.22. The first-order chi connectivity index (χ1) is 8.70. The smallest absolute Gasteiger partial charge is 0.264 e. The van der Waals surface area contributed by atoms with Gasteiger partial charge in [-0.3, -0.25) is 4.98 Å². The number of rotatable bonds is 4. The van der Waals surface area contributed by atoms with E-state index < -0.39 is 6.43 Å². The van der Waals surface area contributed by atoms with Gasteiger partial charge in [-0.1, -0.05) is 22.0 Å². The molecule has 6 heteroatoms. The molecule has 3 nitrogen and oxygen atoms in total. The second-order valence-corrected chi connectivity index (χ2v) is 4.23. The molecule has 0 aliphatic heterocycles. The highest BCUT2D eigenvalue weighted by Gasteiger charge is 2.15. The molecule has 0 atom stereocenters. The molecule has 0 aliphatic rings. The van der Waals surface area contributed by atoms with Crippen LogP contribution in [0.3, 0.4) is 0 Å². The van der Waals surface area contributed by atoms with Crippen molar-refractivity contribution in [1.29, 1.82) is 0 Å². The van der Waals surface area contributed by atoms with Crippen LogP contribution < -0.4 is 0 Å². The number of hydrogen-bond donors (Lipinski definition) is 0. The van der Waals surface area contributed by atoms with Gasteiger partial charge in [0.15, 0.2) is 0 Å². The maximum Gasteiger partial charge on any atom is 0.280 e. The average Bonchev–Trinajstić information content (AvgIpc) is 2.40. The highest BCUT2D eigenvalue weighted by molar-refractivity contribution is 9.08. The van der Waals surface area contributed by atoms with Gasteiger partial charge in [-0.05, 0) is 11.6 Å². The summed E-state index contributed by atoms with van der Waals surface area (Å²) >= 11 is 3.14. The maximum absolute atomic E-state index is 12.8. The zero-order chi connectivity index (χ0) is 13.0. The molecule has 2 heterocycles. The van der Waals surface area contributed by atoms with E-state index in [9.17, 15) is 8.78 Å². The zero-order valence-electron chi connectivity index (χ0n) is 9.35. The molecule has 0 saturated heterocycles. The molecule has 0 fully saturated rings. The van der Waals surface area contributed by atoms with Crippen molar-refractivity contribution in [1.82, 2.24) is 15.0 Å². The standard InChI is InChI=1S/C12H10BrF2N3/c13-5-9-7-17-10(18-11(9)12(14)15)4-8-2-1-3-16-6-8/h1-3,6-7,12H,4-5H2. The van der Waals surface area contributed by atoms with Crippen LogP contribution in [0.1, 0.15) is 29.1 Å². The number of alkyl halides is 3. The van der Waals surface area contributed by atoms with E-state index in [2.05, 4.69) is 30.9 Å². The summed E-state index contributed by atoms with van der Waals surface area (Å²) in [6.07, 6.45) is 2.57. The minimum atomic E-state index is -2.59. The van der Waals surface area contributed by atoms with Gasteiger partial charge in [0.25, 0.3) is 6.43 Å². The normalized spacial score (nSPS) is 10.9. The molecule has 0 saturated carbocycles. The third-order valence-electron chi connectivity index (χ3n) is 2.38. The van der Waals surface area contributed by atoms with Gasteiger partial charge < -0.3 is 0 Å². The molecule has 2 aromatic heterocycles. The Balaban J connectivity index is 2.27. The van der Waals surface area contributed by atoms with E-state index in [0.29, 0.717) is 23.1 Å². The van der Waals surface area contributed by atoms with Gasteiger partial charge in [0.2, 0.25) is 0 Å². The Bertz CT molecular complexity index is 520. The van der Waals surface area contributed by atoms with Crippen molar-refractivity contribution in [2.24, 2.45) is 0 Å². The molecular weight excluding hydrogens is 304 g/mol. The van der Waals surface area contributed by atoms with E-state index in [1.807, 2.05) is 6.07 Å². The van der Waals surface area contributed by atoms with E-state index >= 15 is 0 Å². The lowest BCUT2D eigenvalue weighted by Gasteiger charge is -2.07. The van der Waals surface area contributed by atoms with Crippen LogP contribution in [0.15, 0.2) is 30.7 Å². The van der Waals surface area contributed by atoms with Gasteiger partial charge in [0, 0.05) is 35.9 Å². The molecule has 0 spiro atoms. The van der Waals surface area contributed by atoms with Crippen LogP contribution in [0.2, 0.25) is 0 Å². The van der Waals surface area contributed by atoms with Crippen molar-refractivity contribution in [2.75, 3.05) is 0 Å². The lowest BCUT2D eigenvalue weighted by molar-refractivity contribution is 0.144. The average molecular weight is 314 g/mol. The summed E-state index contributed by atoms with van der Waals surface area (Å²) in [4.78, 5) is 12.0. The highest BCUT2D eigenvalue weighted by atomic mass is 79.9. The molecule has 0 unspecified atom stereocenters. The third-order valence-corrected chi connectivity index (χ3v) is 2.99. The summed E-state index contributed by atoms with van der Waals surface area (Å²) in [5.74, 6) is 0.378. The predicted octanol–water partition coefficient (Wildman–Crippen LogP) is 3.29. The van der Waals surface area contributed by atoms with Crippen molar-refractivity contribution >= 4 is 15.9 Å². The van der Waals surface area contributed by atoms with E-state index in [0.717, 1.165) is 5.56 Å². The number of pyridine rings is 1. The van der Waals surface area contributed by atoms with Gasteiger partial charge in [-0.15, -0.1) is 0 Å². The Labute approximate surface area is 111 Å². The van der Waals surface area contributed by atoms with Crippen LogP contribution >= 0.6 is 15.9 Å². The van der Waals surface area contributed by atoms with Crippen LogP contribution in [0.25, 0.3) is 0 Å². The zero-order valence-corrected chi connectivity index (χ0v) is 10.9. The Kier molecular flexibility index (Phi) is 4.30. The lowest BCUT2D eigenvalue weighted by Crippen LogP contribution is -2.04. The number of aromatic nitrogens is 3. The Morgan fingerprint density at radius 2 is 2.11 bits per heavy atom. The number of halogens is 3. The maximum atomic E-state index is 12.8. The van der Waals surface area contributed by atoms with Crippen molar-refractivity contribution in [3.8, 4) is 0 Å². The molecule has 2 rings (SSSR count). The third kappa shape index (κ3) is 3.07. The fourth-order valence-electron chi connectivity index (χ4n) is 1.52. The van der Waals surface area contributed by atoms with Gasteiger partial charge >= 0.3 is 0 Å². The fraction of sp³-hybridized carbons (Fsp3) is 0.250. The second kappa shape index (κ2) is 5.95. The minimum Gasteiger partial charge on any atom is -0.264 e. The van der Waals surface area contributed by atoms with Crippen LogP contribution in [0.4, 0.5) is 8.78 Å². The number of hydrogen-bond acceptors (Lipinski definition) is 3. The van der Waals surface area contributed by atoms with Crippen molar-refractivity contribution in [2.45, 2.75) is 18.2 Å². The second-order valence-electron chi connectivity index (χ2n) is 3.67. The Morgan fingerprint density at radius 1 is 1.28 bits per heavy atom. The van der Waals surface area contributed by atoms with E-state index in [1.54, 1.807) is 18.5 Å². The summed E-state index contributed by atoms with van der Waals surface area (Å²) in [6.45, 7) is 0. The fourth-order valence-corrected chi connectivity index (χ4v) is 1.95. The summed E-state index contributed by atoms with van der Waals surface area (Å²) in [5, 5.41) is 0.319. The number of nitrogens with zero attached hydrogens (tertiary/aromatic N) is 3. The summed E-state index contributed by atoms with van der Waals surface area (Å²) in [5.41, 5.74) is 1.10. The summed E-state index contributed by atoms with van der Waals surface area (Å²) < 4.78 is 25.6. The van der Waals surface area contributed by atoms with Crippen molar-refractivity contribution in [3.63, 3.8) is 0 Å². The van der Waals surface area contributed by atoms with Crippen LogP contribution in [-0.4, -0.2) is 15.0 Å². The lowest BCUT2D eigenvalue weighted by atomic mass is 10.2. The SMILES string of the molecule is FC(F)c1nc(Cc2cccnc2)ncc1CBr. The molecule has 94 valence electrons. The predicted molar refractivity (Wildman–Crippen MR) is 66.7 cm³/mol. The first-order valence-electron chi connectivity index (χ1n) is 5.28. The van der Waals surface area contributed by atoms with Crippen LogP contribution in [0.5, 0.6) is 0 Å². The van der Waals surface area contributed by atoms with E-state index in [-0.39, 0.29) is 5.69 Å². The van der Waals surface area contributed by atoms with E-state index in [4.69, 9.17) is 0 Å². The molecular formula is C12H10BrF2N3. The molecule has 0 aromatic carbocycles. The van der Waals surface area contributed by atoms with Crippen LogP contribution in [-0.2, 0) is 11.8 Å². The van der Waals surface area contributed by atoms with Gasteiger partial charge in [-0.25, -0.2) is 18.7 Å². The molecule has 0 radical (unpaired) electrons. The molecule has 2 aromatic rings. The molecule has 0 aliphatic carbocycles. The Morgan fingerprint density at radius 3 is 2.72 bits per heavy atom. The molecule has 0 N–H and O–H groups in total. The first-order valence-corrected chi connectivity index (χ1v) is 6.40. The molecule has 18 heavy (non-hydrogen) atoms. The van der Waals surface area contributed by atoms with Crippen LogP contribution in [0, 0.1) is 0 Å². The van der Waals surface area contributed by atoms with Gasteiger partial charge in [0.05, 0.1) is 0 Å². The molecule has 0 amide bonds. The van der Waals surface area contributed by atoms with Gasteiger partial charge in [0.1, 0.15) is 11.5 Å². The largest absolute Gasteiger partial charge is 0.280 e. The topological polar surface area (TPSA) is 38.7 Å². The first kappa shape index (κ1) is 13.0. The van der Waals surface area contributed by atoms with Gasteiger partial charge in [-0.2, -0.15) is 0 Å². The quantitative estimate of drug-likeness (QED) is 0.813. The van der Waals surface area contributed by atoms with Crippen molar-refractivity contribution in [3.05, 3.63) is 53.4 Å². The summed E-state index contributed by atoms with van der Waals surface area (Å²) in [6, 6.07) is 3.65. The monoisotopic (exact) mass is 313 g/mol. The van der Waals surface area contributed by atoms with Crippen molar-refractivity contribution < 1.29 is 8.78 Å². The Hall–Kier alpha value is -1.43. The van der Waals surface area contributed by atoms with E-state index in [1.165, 1.54) is 6.20 Å². The molecule has 0 bridgehead atoms. The minimum absolute atomic E-state index is 0.208.